The van der Waals surface area contributed by atoms with Crippen LogP contribution in [0.4, 0.5) is 0 Å². The van der Waals surface area contributed by atoms with E-state index in [-0.39, 0.29) is 16.7 Å². The van der Waals surface area contributed by atoms with E-state index in [4.69, 9.17) is 0 Å². The quantitative estimate of drug-likeness (QED) is 0.411. The number of aldehydes is 3. The average Bonchev–Trinajstić information content (AvgIpc) is 2.66. The molecule has 0 unspecified atom stereocenters. The Morgan fingerprint density at radius 3 is 1.58 bits per heavy atom. The Bertz CT molecular complexity index is 1160. The third-order valence-corrected chi connectivity index (χ3v) is 4.51. The first-order chi connectivity index (χ1) is 11.8. The Kier molecular flexibility index (Phi) is 3.21. The second-order valence-corrected chi connectivity index (χ2v) is 5.66. The lowest BCUT2D eigenvalue weighted by Gasteiger charge is -2.14. The van der Waals surface area contributed by atoms with Crippen LogP contribution in [0.1, 0.15) is 31.1 Å². The lowest BCUT2D eigenvalue weighted by molar-refractivity contribution is 0.108. The van der Waals surface area contributed by atoms with E-state index in [0.29, 0.717) is 24.2 Å². The van der Waals surface area contributed by atoms with Gasteiger partial charge in [0.25, 0.3) is 0 Å². The summed E-state index contributed by atoms with van der Waals surface area (Å²) < 4.78 is 0. The van der Waals surface area contributed by atoms with Gasteiger partial charge in [0, 0.05) is 22.1 Å². The van der Waals surface area contributed by atoms with Crippen LogP contribution in [0.15, 0.2) is 54.6 Å². The van der Waals surface area contributed by atoms with Gasteiger partial charge in [-0.05, 0) is 33.0 Å². The Morgan fingerprint density at radius 1 is 0.542 bits per heavy atom. The molecule has 3 heteroatoms. The molecular weight excluding hydrogens is 300 g/mol. The summed E-state index contributed by atoms with van der Waals surface area (Å²) in [6, 6.07) is 17.4. The third kappa shape index (κ3) is 1.82. The molecule has 0 saturated heterocycles. The van der Waals surface area contributed by atoms with Crippen LogP contribution in [0.25, 0.3) is 32.3 Å². The summed E-state index contributed by atoms with van der Waals surface area (Å²) in [6.45, 7) is 0. The SMILES string of the molecule is O=Cc1cc2c3ccccc3c3ccccc3c2c(C=O)c1C=O. The molecule has 0 aliphatic heterocycles. The van der Waals surface area contributed by atoms with E-state index < -0.39 is 0 Å². The number of fused-ring (bicyclic) bond motifs is 6. The minimum Gasteiger partial charge on any atom is -0.298 e. The molecule has 4 aromatic rings. The molecule has 0 radical (unpaired) electrons. The molecule has 0 N–H and O–H groups in total. The summed E-state index contributed by atoms with van der Waals surface area (Å²) in [7, 11) is 0. The van der Waals surface area contributed by atoms with Gasteiger partial charge in [-0.3, -0.25) is 14.4 Å². The fourth-order valence-electron chi connectivity index (χ4n) is 3.48. The summed E-state index contributed by atoms with van der Waals surface area (Å²) >= 11 is 0. The minimum absolute atomic E-state index is 0.146. The molecule has 0 saturated carbocycles. The number of benzene rings is 4. The highest BCUT2D eigenvalue weighted by molar-refractivity contribution is 6.29. The number of rotatable bonds is 3. The normalized spacial score (nSPS) is 11.0. The van der Waals surface area contributed by atoms with Crippen molar-refractivity contribution in [2.75, 3.05) is 0 Å². The van der Waals surface area contributed by atoms with Crippen molar-refractivity contribution in [2.24, 2.45) is 0 Å². The van der Waals surface area contributed by atoms with E-state index in [1.807, 2.05) is 48.5 Å². The molecule has 0 aliphatic rings. The molecule has 0 spiro atoms. The van der Waals surface area contributed by atoms with E-state index in [0.717, 1.165) is 26.9 Å². The molecule has 3 nitrogen and oxygen atoms in total. The fraction of sp³-hybridized carbons (Fsp3) is 0. The van der Waals surface area contributed by atoms with Gasteiger partial charge in [0.1, 0.15) is 0 Å². The zero-order valence-corrected chi connectivity index (χ0v) is 12.7. The average molecular weight is 312 g/mol. The standard InChI is InChI=1S/C21H12O3/c22-10-13-9-18-16-7-2-1-5-14(16)15-6-3-4-8-17(15)21(18)20(12-24)19(13)11-23/h1-12H. The van der Waals surface area contributed by atoms with Crippen molar-refractivity contribution in [1.82, 2.24) is 0 Å². The van der Waals surface area contributed by atoms with E-state index in [2.05, 4.69) is 0 Å². The summed E-state index contributed by atoms with van der Waals surface area (Å²) in [6.07, 6.45) is 1.87. The van der Waals surface area contributed by atoms with Crippen molar-refractivity contribution in [3.8, 4) is 0 Å². The minimum atomic E-state index is 0.146. The molecule has 4 rings (SSSR count). The summed E-state index contributed by atoms with van der Waals surface area (Å²) in [5.41, 5.74) is 0.652. The second kappa shape index (κ2) is 5.39. The number of carbonyl (C=O) groups excluding carboxylic acids is 3. The Hall–Kier alpha value is -3.33. The van der Waals surface area contributed by atoms with E-state index >= 15 is 0 Å². The van der Waals surface area contributed by atoms with Gasteiger partial charge in [0.05, 0.1) is 0 Å². The van der Waals surface area contributed by atoms with Crippen LogP contribution in [-0.2, 0) is 0 Å². The molecule has 0 amide bonds. The second-order valence-electron chi connectivity index (χ2n) is 5.66. The molecular formula is C21H12O3. The van der Waals surface area contributed by atoms with Gasteiger partial charge in [-0.1, -0.05) is 48.5 Å². The molecule has 0 aliphatic carbocycles. The highest BCUT2D eigenvalue weighted by atomic mass is 16.1. The van der Waals surface area contributed by atoms with Crippen molar-refractivity contribution in [3.63, 3.8) is 0 Å². The van der Waals surface area contributed by atoms with Crippen molar-refractivity contribution >= 4 is 51.2 Å². The summed E-state index contributed by atoms with van der Waals surface area (Å²) in [4.78, 5) is 34.7. The van der Waals surface area contributed by atoms with Gasteiger partial charge in [-0.15, -0.1) is 0 Å². The van der Waals surface area contributed by atoms with Crippen LogP contribution in [0.2, 0.25) is 0 Å². The monoisotopic (exact) mass is 312 g/mol. The fourth-order valence-corrected chi connectivity index (χ4v) is 3.48. The first-order valence-electron chi connectivity index (χ1n) is 7.56. The zero-order valence-electron chi connectivity index (χ0n) is 12.7. The molecule has 24 heavy (non-hydrogen) atoms. The molecule has 0 bridgehead atoms. The topological polar surface area (TPSA) is 51.2 Å². The van der Waals surface area contributed by atoms with Gasteiger partial charge in [0.15, 0.2) is 18.9 Å². The number of hydrogen-bond donors (Lipinski definition) is 0. The highest BCUT2D eigenvalue weighted by Crippen LogP contribution is 2.37. The van der Waals surface area contributed by atoms with Gasteiger partial charge in [-0.2, -0.15) is 0 Å². The van der Waals surface area contributed by atoms with Crippen molar-refractivity contribution in [1.29, 1.82) is 0 Å². The van der Waals surface area contributed by atoms with E-state index in [1.54, 1.807) is 6.07 Å². The predicted octanol–water partition coefficient (Wildman–Crippen LogP) is 4.58. The largest absolute Gasteiger partial charge is 0.298 e. The summed E-state index contributed by atoms with van der Waals surface area (Å²) in [5, 5.41) is 5.43. The van der Waals surface area contributed by atoms with Gasteiger partial charge in [0.2, 0.25) is 0 Å². The Balaban J connectivity index is 2.45. The first-order valence-corrected chi connectivity index (χ1v) is 7.56. The van der Waals surface area contributed by atoms with Crippen LogP contribution in [0.3, 0.4) is 0 Å². The van der Waals surface area contributed by atoms with Crippen LogP contribution in [0.5, 0.6) is 0 Å². The van der Waals surface area contributed by atoms with Gasteiger partial charge >= 0.3 is 0 Å². The van der Waals surface area contributed by atoms with Crippen LogP contribution in [-0.4, -0.2) is 18.9 Å². The lowest BCUT2D eigenvalue weighted by Crippen LogP contribution is -2.00. The van der Waals surface area contributed by atoms with Crippen LogP contribution >= 0.6 is 0 Å². The van der Waals surface area contributed by atoms with Crippen LogP contribution < -0.4 is 0 Å². The highest BCUT2D eigenvalue weighted by Gasteiger charge is 2.17. The first kappa shape index (κ1) is 14.3. The third-order valence-electron chi connectivity index (χ3n) is 4.51. The van der Waals surface area contributed by atoms with Crippen molar-refractivity contribution in [3.05, 3.63) is 71.3 Å². The van der Waals surface area contributed by atoms with Gasteiger partial charge < -0.3 is 0 Å². The van der Waals surface area contributed by atoms with Crippen LogP contribution in [0, 0.1) is 0 Å². The molecule has 0 fully saturated rings. The predicted molar refractivity (Wildman–Crippen MR) is 95.1 cm³/mol. The lowest BCUT2D eigenvalue weighted by atomic mass is 9.88. The van der Waals surface area contributed by atoms with Gasteiger partial charge in [-0.25, -0.2) is 0 Å². The zero-order chi connectivity index (χ0) is 16.7. The molecule has 0 heterocycles. The number of carbonyl (C=O) groups is 3. The Morgan fingerprint density at radius 2 is 1.04 bits per heavy atom. The molecule has 0 atom stereocenters. The van der Waals surface area contributed by atoms with Crippen molar-refractivity contribution < 1.29 is 14.4 Å². The number of hydrogen-bond acceptors (Lipinski definition) is 3. The Labute approximate surface area is 137 Å². The van der Waals surface area contributed by atoms with Crippen molar-refractivity contribution in [2.45, 2.75) is 0 Å². The molecule has 114 valence electrons. The molecule has 0 aromatic heterocycles. The maximum atomic E-state index is 11.8. The summed E-state index contributed by atoms with van der Waals surface area (Å²) in [5.74, 6) is 0. The molecule has 4 aromatic carbocycles. The maximum Gasteiger partial charge on any atom is 0.151 e. The smallest absolute Gasteiger partial charge is 0.151 e. The maximum absolute atomic E-state index is 11.8. The van der Waals surface area contributed by atoms with E-state index in [1.165, 1.54) is 0 Å². The van der Waals surface area contributed by atoms with E-state index in [9.17, 15) is 14.4 Å².